The molecule has 202 valence electrons. The predicted molar refractivity (Wildman–Crippen MR) is 150 cm³/mol. The summed E-state index contributed by atoms with van der Waals surface area (Å²) in [5.41, 5.74) is 4.09. The Morgan fingerprint density at radius 2 is 1.85 bits per heavy atom. The maximum Gasteiger partial charge on any atom is 0.258 e. The molecule has 4 aromatic rings. The van der Waals surface area contributed by atoms with E-state index in [0.717, 1.165) is 48.6 Å². The molecule has 0 atom stereocenters. The molecule has 1 saturated heterocycles. The lowest BCUT2D eigenvalue weighted by Gasteiger charge is -2.22. The van der Waals surface area contributed by atoms with Crippen LogP contribution in [0.2, 0.25) is 0 Å². The monoisotopic (exact) mass is 526 g/mol. The summed E-state index contributed by atoms with van der Waals surface area (Å²) in [6.07, 6.45) is 9.35. The molecular formula is C30H34N6O3. The summed E-state index contributed by atoms with van der Waals surface area (Å²) in [4.78, 5) is 30.4. The van der Waals surface area contributed by atoms with Gasteiger partial charge in [0.05, 0.1) is 11.9 Å². The topological polar surface area (TPSA) is 103 Å². The highest BCUT2D eigenvalue weighted by molar-refractivity contribution is 6.04. The van der Waals surface area contributed by atoms with Gasteiger partial charge in [-0.05, 0) is 61.4 Å². The van der Waals surface area contributed by atoms with Crippen molar-refractivity contribution in [1.82, 2.24) is 24.6 Å². The fourth-order valence-electron chi connectivity index (χ4n) is 4.73. The van der Waals surface area contributed by atoms with E-state index >= 15 is 0 Å². The Hall–Kier alpha value is -4.24. The molecular weight excluding hydrogens is 492 g/mol. The van der Waals surface area contributed by atoms with E-state index < -0.39 is 0 Å². The van der Waals surface area contributed by atoms with Crippen molar-refractivity contribution in [2.24, 2.45) is 13.0 Å². The van der Waals surface area contributed by atoms with Crippen LogP contribution in [0.5, 0.6) is 0 Å². The zero-order chi connectivity index (χ0) is 27.0. The second kappa shape index (κ2) is 12.5. The van der Waals surface area contributed by atoms with E-state index in [1.807, 2.05) is 72.5 Å². The Morgan fingerprint density at radius 1 is 1.03 bits per heavy atom. The van der Waals surface area contributed by atoms with E-state index in [2.05, 4.69) is 15.7 Å². The van der Waals surface area contributed by atoms with Crippen molar-refractivity contribution in [2.45, 2.75) is 32.1 Å². The minimum atomic E-state index is -0.248. The van der Waals surface area contributed by atoms with Gasteiger partial charge in [0.25, 0.3) is 5.91 Å². The van der Waals surface area contributed by atoms with Crippen LogP contribution >= 0.6 is 0 Å². The van der Waals surface area contributed by atoms with E-state index in [1.165, 1.54) is 0 Å². The molecule has 2 aromatic carbocycles. The van der Waals surface area contributed by atoms with Crippen LogP contribution in [0.4, 0.5) is 5.95 Å². The van der Waals surface area contributed by atoms with Crippen LogP contribution in [-0.4, -0.2) is 50.9 Å². The minimum absolute atomic E-state index is 0.0611. The Labute approximate surface area is 228 Å². The van der Waals surface area contributed by atoms with Gasteiger partial charge < -0.3 is 10.1 Å². The Bertz CT molecular complexity index is 1410. The first-order valence-electron chi connectivity index (χ1n) is 13.4. The van der Waals surface area contributed by atoms with Gasteiger partial charge >= 0.3 is 0 Å². The van der Waals surface area contributed by atoms with Crippen LogP contribution in [0.15, 0.2) is 73.2 Å². The van der Waals surface area contributed by atoms with E-state index in [-0.39, 0.29) is 11.8 Å². The smallest absolute Gasteiger partial charge is 0.258 e. The third-order valence-corrected chi connectivity index (χ3v) is 6.94. The summed E-state index contributed by atoms with van der Waals surface area (Å²) < 4.78 is 9.00. The molecule has 2 amide bonds. The van der Waals surface area contributed by atoms with Gasteiger partial charge in [0.2, 0.25) is 11.9 Å². The molecule has 9 heteroatoms. The van der Waals surface area contributed by atoms with Crippen LogP contribution in [0.25, 0.3) is 16.8 Å². The quantitative estimate of drug-likeness (QED) is 0.319. The number of anilines is 1. The SMILES string of the molecule is Cn1cc(-c2cccc(C(=O)Nc3nc(CCCC(=O)NCC4CCOCC4)cn3-c3ccccc3)c2)cn1. The van der Waals surface area contributed by atoms with Gasteiger partial charge in [-0.25, -0.2) is 4.98 Å². The number of benzene rings is 2. The molecule has 0 bridgehead atoms. The van der Waals surface area contributed by atoms with Gasteiger partial charge in [-0.1, -0.05) is 30.3 Å². The third-order valence-electron chi connectivity index (χ3n) is 6.94. The van der Waals surface area contributed by atoms with E-state index in [4.69, 9.17) is 9.72 Å². The van der Waals surface area contributed by atoms with Crippen molar-refractivity contribution in [2.75, 3.05) is 25.1 Å². The van der Waals surface area contributed by atoms with Crippen LogP contribution in [0.3, 0.4) is 0 Å². The number of carbonyl (C=O) groups is 2. The summed E-state index contributed by atoms with van der Waals surface area (Å²) in [5.74, 6) is 0.756. The average Bonchev–Trinajstić information content (AvgIpc) is 3.59. The average molecular weight is 527 g/mol. The number of imidazole rings is 1. The highest BCUT2D eigenvalue weighted by atomic mass is 16.5. The van der Waals surface area contributed by atoms with E-state index in [9.17, 15) is 9.59 Å². The van der Waals surface area contributed by atoms with Crippen LogP contribution in [0.1, 0.15) is 41.7 Å². The minimum Gasteiger partial charge on any atom is -0.381 e. The lowest BCUT2D eigenvalue weighted by molar-refractivity contribution is -0.121. The highest BCUT2D eigenvalue weighted by Gasteiger charge is 2.17. The first-order chi connectivity index (χ1) is 19.0. The molecule has 1 aliphatic rings. The number of hydrogen-bond acceptors (Lipinski definition) is 5. The molecule has 3 heterocycles. The van der Waals surface area contributed by atoms with Crippen molar-refractivity contribution in [1.29, 1.82) is 0 Å². The zero-order valence-electron chi connectivity index (χ0n) is 22.2. The lowest BCUT2D eigenvalue weighted by Crippen LogP contribution is -2.32. The molecule has 0 spiro atoms. The normalized spacial score (nSPS) is 13.8. The third kappa shape index (κ3) is 7.00. The van der Waals surface area contributed by atoms with E-state index in [0.29, 0.717) is 43.2 Å². The summed E-state index contributed by atoms with van der Waals surface area (Å²) in [7, 11) is 1.86. The van der Waals surface area contributed by atoms with Gasteiger partial charge in [-0.15, -0.1) is 0 Å². The second-order valence-corrected chi connectivity index (χ2v) is 9.91. The number of aromatic nitrogens is 4. The first-order valence-corrected chi connectivity index (χ1v) is 13.4. The van der Waals surface area contributed by atoms with Gasteiger partial charge in [-0.2, -0.15) is 5.10 Å². The number of rotatable bonds is 10. The largest absolute Gasteiger partial charge is 0.381 e. The van der Waals surface area contributed by atoms with Crippen molar-refractivity contribution in [3.63, 3.8) is 0 Å². The maximum absolute atomic E-state index is 13.3. The van der Waals surface area contributed by atoms with Crippen LogP contribution in [0, 0.1) is 5.92 Å². The van der Waals surface area contributed by atoms with Gasteiger partial charge in [0, 0.05) is 62.4 Å². The first kappa shape index (κ1) is 26.4. The molecule has 39 heavy (non-hydrogen) atoms. The fourth-order valence-corrected chi connectivity index (χ4v) is 4.73. The van der Waals surface area contributed by atoms with Crippen LogP contribution < -0.4 is 10.6 Å². The summed E-state index contributed by atoms with van der Waals surface area (Å²) in [6.45, 7) is 2.27. The summed E-state index contributed by atoms with van der Waals surface area (Å²) in [5, 5.41) is 10.3. The Morgan fingerprint density at radius 3 is 2.62 bits per heavy atom. The number of amides is 2. The number of nitrogens with zero attached hydrogens (tertiary/aromatic N) is 4. The standard InChI is InChI=1S/C30H34N6O3/c1-35-20-25(19-32-35)23-7-5-8-24(17-23)29(38)34-30-33-26(21-36(30)27-10-3-2-4-11-27)9-6-12-28(37)31-18-22-13-15-39-16-14-22/h2-5,7-8,10-11,17,19-22H,6,9,12-16,18H2,1H3,(H,31,37)(H,33,34,38). The van der Waals surface area contributed by atoms with Crippen molar-refractivity contribution in [3.05, 3.63) is 84.4 Å². The fraction of sp³-hybridized carbons (Fsp3) is 0.333. The zero-order valence-corrected chi connectivity index (χ0v) is 22.2. The molecule has 2 N–H and O–H groups in total. The lowest BCUT2D eigenvalue weighted by atomic mass is 10.0. The molecule has 0 radical (unpaired) electrons. The summed E-state index contributed by atoms with van der Waals surface area (Å²) >= 11 is 0. The number of ether oxygens (including phenoxy) is 1. The predicted octanol–water partition coefficient (Wildman–Crippen LogP) is 4.39. The van der Waals surface area contributed by atoms with Gasteiger partial charge in [0.1, 0.15) is 0 Å². The maximum atomic E-state index is 13.3. The number of nitrogens with one attached hydrogen (secondary N) is 2. The molecule has 0 unspecified atom stereocenters. The number of carbonyl (C=O) groups excluding carboxylic acids is 2. The molecule has 5 rings (SSSR count). The summed E-state index contributed by atoms with van der Waals surface area (Å²) in [6, 6.07) is 17.2. The molecule has 2 aromatic heterocycles. The van der Waals surface area contributed by atoms with Gasteiger partial charge in [-0.3, -0.25) is 24.2 Å². The van der Waals surface area contributed by atoms with Crippen molar-refractivity contribution >= 4 is 17.8 Å². The molecule has 9 nitrogen and oxygen atoms in total. The second-order valence-electron chi connectivity index (χ2n) is 9.91. The number of hydrogen-bond donors (Lipinski definition) is 2. The molecule has 1 fully saturated rings. The number of aryl methyl sites for hydroxylation is 2. The molecule has 0 saturated carbocycles. The highest BCUT2D eigenvalue weighted by Crippen LogP contribution is 2.22. The van der Waals surface area contributed by atoms with Crippen molar-refractivity contribution < 1.29 is 14.3 Å². The van der Waals surface area contributed by atoms with Crippen molar-refractivity contribution in [3.8, 4) is 16.8 Å². The van der Waals surface area contributed by atoms with E-state index in [1.54, 1.807) is 16.9 Å². The van der Waals surface area contributed by atoms with Gasteiger partial charge in [0.15, 0.2) is 0 Å². The number of para-hydroxylation sites is 1. The molecule has 0 aliphatic carbocycles. The Kier molecular flexibility index (Phi) is 8.48. The molecule has 1 aliphatic heterocycles. The Balaban J connectivity index is 1.24. The van der Waals surface area contributed by atoms with Crippen LogP contribution in [-0.2, 0) is 23.0 Å².